The summed E-state index contributed by atoms with van der Waals surface area (Å²) in [6, 6.07) is 1.61. The first kappa shape index (κ1) is 9.48. The number of amidine groups is 1. The Morgan fingerprint density at radius 3 is 2.54 bits per heavy atom. The molecule has 1 aliphatic heterocycles. The third-order valence-corrected chi connectivity index (χ3v) is 1.68. The van der Waals surface area contributed by atoms with Crippen LogP contribution in [0.15, 0.2) is 0 Å². The SMILES string of the molecule is N#CC(=N)NC(=N)N1CCOCC1. The average Bonchev–Trinajstić information content (AvgIpc) is 2.19. The highest BCUT2D eigenvalue weighted by atomic mass is 16.5. The van der Waals surface area contributed by atoms with E-state index in [1.807, 2.05) is 0 Å². The van der Waals surface area contributed by atoms with Crippen LogP contribution in [0.25, 0.3) is 0 Å². The zero-order valence-corrected chi connectivity index (χ0v) is 7.13. The summed E-state index contributed by atoms with van der Waals surface area (Å²) in [6.07, 6.45) is 0. The van der Waals surface area contributed by atoms with Crippen molar-refractivity contribution in [3.8, 4) is 6.07 Å². The lowest BCUT2D eigenvalue weighted by Gasteiger charge is -2.28. The van der Waals surface area contributed by atoms with Crippen molar-refractivity contribution in [2.24, 2.45) is 0 Å². The van der Waals surface area contributed by atoms with E-state index in [4.69, 9.17) is 20.8 Å². The minimum absolute atomic E-state index is 0.0925. The summed E-state index contributed by atoms with van der Waals surface area (Å²) in [5, 5.41) is 25.2. The highest BCUT2D eigenvalue weighted by Crippen LogP contribution is 1.95. The highest BCUT2D eigenvalue weighted by molar-refractivity contribution is 6.04. The number of hydrogen-bond acceptors (Lipinski definition) is 4. The summed E-state index contributed by atoms with van der Waals surface area (Å²) in [7, 11) is 0. The Balaban J connectivity index is 2.38. The van der Waals surface area contributed by atoms with Crippen LogP contribution < -0.4 is 5.32 Å². The van der Waals surface area contributed by atoms with Crippen LogP contribution in [-0.4, -0.2) is 43.0 Å². The predicted octanol–water partition coefficient (Wildman–Crippen LogP) is -0.656. The van der Waals surface area contributed by atoms with Crippen molar-refractivity contribution in [2.75, 3.05) is 26.3 Å². The van der Waals surface area contributed by atoms with Crippen LogP contribution in [0.2, 0.25) is 0 Å². The average molecular weight is 181 g/mol. The molecule has 6 nitrogen and oxygen atoms in total. The molecular weight excluding hydrogens is 170 g/mol. The number of nitriles is 1. The molecule has 6 heteroatoms. The van der Waals surface area contributed by atoms with E-state index in [9.17, 15) is 0 Å². The van der Waals surface area contributed by atoms with Crippen molar-refractivity contribution in [3.63, 3.8) is 0 Å². The molecule has 1 rings (SSSR count). The molecule has 3 N–H and O–H groups in total. The third-order valence-electron chi connectivity index (χ3n) is 1.68. The van der Waals surface area contributed by atoms with E-state index >= 15 is 0 Å². The zero-order valence-electron chi connectivity index (χ0n) is 7.13. The maximum Gasteiger partial charge on any atom is 0.205 e. The Kier molecular flexibility index (Phi) is 3.23. The lowest BCUT2D eigenvalue weighted by molar-refractivity contribution is 0.0667. The standard InChI is InChI=1S/C7H11N5O/c8-5-6(9)11-7(10)12-1-3-13-4-2-12/h1-4H2,(H3,9,10,11). The molecule has 1 aliphatic rings. The second-order valence-corrected chi connectivity index (χ2v) is 2.56. The number of rotatable bonds is 0. The number of nitrogens with zero attached hydrogens (tertiary/aromatic N) is 2. The van der Waals surface area contributed by atoms with Crippen molar-refractivity contribution in [1.82, 2.24) is 10.2 Å². The molecule has 0 spiro atoms. The molecule has 70 valence electrons. The molecule has 1 heterocycles. The van der Waals surface area contributed by atoms with Gasteiger partial charge in [-0.25, -0.2) is 0 Å². The second-order valence-electron chi connectivity index (χ2n) is 2.56. The van der Waals surface area contributed by atoms with Gasteiger partial charge in [-0.3, -0.25) is 10.8 Å². The summed E-state index contributed by atoms with van der Waals surface area (Å²) in [5.74, 6) is -0.216. The molecule has 0 aromatic rings. The van der Waals surface area contributed by atoms with Crippen LogP contribution in [0.5, 0.6) is 0 Å². The largest absolute Gasteiger partial charge is 0.378 e. The first-order chi connectivity index (χ1) is 6.24. The molecule has 0 aromatic heterocycles. The van der Waals surface area contributed by atoms with Gasteiger partial charge in [0.2, 0.25) is 5.84 Å². The summed E-state index contributed by atoms with van der Waals surface area (Å²) < 4.78 is 5.10. The topological polar surface area (TPSA) is 96.0 Å². The van der Waals surface area contributed by atoms with E-state index in [1.165, 1.54) is 0 Å². The van der Waals surface area contributed by atoms with E-state index < -0.39 is 0 Å². The van der Waals surface area contributed by atoms with E-state index in [1.54, 1.807) is 11.0 Å². The molecule has 1 fully saturated rings. The monoisotopic (exact) mass is 181 g/mol. The van der Waals surface area contributed by atoms with Gasteiger partial charge in [-0.15, -0.1) is 0 Å². The minimum atomic E-state index is -0.309. The smallest absolute Gasteiger partial charge is 0.205 e. The molecule has 0 bridgehead atoms. The van der Waals surface area contributed by atoms with Gasteiger partial charge < -0.3 is 15.0 Å². The maximum absolute atomic E-state index is 8.31. The Labute approximate surface area is 76.1 Å². The summed E-state index contributed by atoms with van der Waals surface area (Å²) in [4.78, 5) is 1.73. The quantitative estimate of drug-likeness (QED) is 0.341. The van der Waals surface area contributed by atoms with Gasteiger partial charge in [0.1, 0.15) is 6.07 Å². The van der Waals surface area contributed by atoms with Crippen molar-refractivity contribution < 1.29 is 4.74 Å². The van der Waals surface area contributed by atoms with Crippen LogP contribution in [0.4, 0.5) is 0 Å². The molecule has 1 saturated heterocycles. The van der Waals surface area contributed by atoms with Crippen molar-refractivity contribution in [1.29, 1.82) is 16.1 Å². The van der Waals surface area contributed by atoms with Crippen LogP contribution in [0.1, 0.15) is 0 Å². The Morgan fingerprint density at radius 2 is 2.00 bits per heavy atom. The normalized spacial score (nSPS) is 16.1. The molecule has 0 atom stereocenters. The summed E-state index contributed by atoms with van der Waals surface area (Å²) >= 11 is 0. The lowest BCUT2D eigenvalue weighted by Crippen LogP contribution is -2.48. The Bertz CT molecular complexity index is 250. The predicted molar refractivity (Wildman–Crippen MR) is 46.6 cm³/mol. The fraction of sp³-hybridized carbons (Fsp3) is 0.571. The van der Waals surface area contributed by atoms with Crippen LogP contribution in [0.3, 0.4) is 0 Å². The molecule has 13 heavy (non-hydrogen) atoms. The van der Waals surface area contributed by atoms with E-state index in [-0.39, 0.29) is 11.8 Å². The lowest BCUT2D eigenvalue weighted by atomic mass is 10.4. The number of hydrogen-bond donors (Lipinski definition) is 3. The first-order valence-corrected chi connectivity index (χ1v) is 3.91. The van der Waals surface area contributed by atoms with E-state index in [0.29, 0.717) is 26.3 Å². The molecule has 0 aromatic carbocycles. The van der Waals surface area contributed by atoms with Gasteiger partial charge in [0, 0.05) is 13.1 Å². The van der Waals surface area contributed by atoms with Crippen LogP contribution in [-0.2, 0) is 4.74 Å². The van der Waals surface area contributed by atoms with Crippen molar-refractivity contribution in [2.45, 2.75) is 0 Å². The molecule has 0 aliphatic carbocycles. The highest BCUT2D eigenvalue weighted by Gasteiger charge is 2.13. The van der Waals surface area contributed by atoms with Gasteiger partial charge >= 0.3 is 0 Å². The maximum atomic E-state index is 8.31. The Hall–Kier alpha value is -1.61. The van der Waals surface area contributed by atoms with Gasteiger partial charge in [-0.2, -0.15) is 5.26 Å². The number of guanidine groups is 1. The molecule has 0 amide bonds. The third kappa shape index (κ3) is 2.72. The van der Waals surface area contributed by atoms with Gasteiger partial charge in [-0.1, -0.05) is 0 Å². The zero-order chi connectivity index (χ0) is 9.68. The summed E-state index contributed by atoms with van der Waals surface area (Å²) in [5.41, 5.74) is 0. The van der Waals surface area contributed by atoms with Crippen LogP contribution in [0, 0.1) is 22.1 Å². The molecular formula is C7H11N5O. The van der Waals surface area contributed by atoms with E-state index in [2.05, 4.69) is 5.32 Å². The summed E-state index contributed by atoms with van der Waals surface area (Å²) in [6.45, 7) is 2.43. The Morgan fingerprint density at radius 1 is 1.38 bits per heavy atom. The molecule has 0 saturated carbocycles. The van der Waals surface area contributed by atoms with Crippen molar-refractivity contribution >= 4 is 11.8 Å². The number of morpholine rings is 1. The van der Waals surface area contributed by atoms with Gasteiger partial charge in [0.15, 0.2) is 5.96 Å². The molecule has 0 unspecified atom stereocenters. The molecule has 0 radical (unpaired) electrons. The van der Waals surface area contributed by atoms with Gasteiger partial charge in [0.05, 0.1) is 13.2 Å². The van der Waals surface area contributed by atoms with Gasteiger partial charge in [0.25, 0.3) is 0 Å². The second kappa shape index (κ2) is 4.42. The minimum Gasteiger partial charge on any atom is -0.378 e. The number of ether oxygens (including phenoxy) is 1. The first-order valence-electron chi connectivity index (χ1n) is 3.91. The van der Waals surface area contributed by atoms with Crippen molar-refractivity contribution in [3.05, 3.63) is 0 Å². The van der Waals surface area contributed by atoms with E-state index in [0.717, 1.165) is 0 Å². The fourth-order valence-electron chi connectivity index (χ4n) is 1.01. The number of nitrogens with one attached hydrogen (secondary N) is 3. The van der Waals surface area contributed by atoms with Crippen LogP contribution >= 0.6 is 0 Å². The van der Waals surface area contributed by atoms with Gasteiger partial charge in [-0.05, 0) is 0 Å². The fourth-order valence-corrected chi connectivity index (χ4v) is 1.01.